The van der Waals surface area contributed by atoms with Crippen molar-refractivity contribution in [1.29, 1.82) is 0 Å². The van der Waals surface area contributed by atoms with E-state index in [0.29, 0.717) is 24.2 Å². The second-order valence-electron chi connectivity index (χ2n) is 9.69. The molecule has 1 N–H and O–H groups in total. The van der Waals surface area contributed by atoms with Gasteiger partial charge >= 0.3 is 0 Å². The van der Waals surface area contributed by atoms with Crippen LogP contribution in [0, 0.1) is 26.6 Å². The first-order chi connectivity index (χ1) is 18.4. The van der Waals surface area contributed by atoms with Crippen molar-refractivity contribution < 1.29 is 22.4 Å². The molecule has 2 amide bonds. The normalized spacial score (nSPS) is 12.1. The van der Waals surface area contributed by atoms with E-state index in [1.165, 1.54) is 29.2 Å². The molecule has 3 aromatic carbocycles. The zero-order valence-electron chi connectivity index (χ0n) is 23.1. The number of aryl methyl sites for hydroxylation is 3. The molecular weight excluding hydrogens is 517 g/mol. The third kappa shape index (κ3) is 7.23. The van der Waals surface area contributed by atoms with E-state index < -0.39 is 40.2 Å². The van der Waals surface area contributed by atoms with Gasteiger partial charge in [-0.15, -0.1) is 0 Å². The largest absolute Gasteiger partial charge is 0.354 e. The van der Waals surface area contributed by atoms with Crippen LogP contribution in [-0.4, -0.2) is 44.3 Å². The van der Waals surface area contributed by atoms with Crippen molar-refractivity contribution in [2.45, 2.75) is 58.5 Å². The monoisotopic (exact) mass is 553 g/mol. The summed E-state index contributed by atoms with van der Waals surface area (Å²) in [5.74, 6) is -1.55. The highest BCUT2D eigenvalue weighted by atomic mass is 32.2. The minimum Gasteiger partial charge on any atom is -0.354 e. The lowest BCUT2D eigenvalue weighted by Crippen LogP contribution is -2.51. The molecule has 0 fully saturated rings. The van der Waals surface area contributed by atoms with Crippen LogP contribution in [0.1, 0.15) is 42.5 Å². The van der Waals surface area contributed by atoms with E-state index in [1.54, 1.807) is 50.2 Å². The standard InChI is InChI=1S/C30H36FN3O4S/c1-6-17-32-30(36)24(5)33(19-25-9-7-8-10-27(25)31)29(35)20-34(28-18-22(3)11-14-23(28)4)39(37,38)26-15-12-21(2)13-16-26/h7-16,18,24H,6,17,19-20H2,1-5H3,(H,32,36). The number of hydrogen-bond acceptors (Lipinski definition) is 4. The molecule has 0 saturated carbocycles. The molecule has 3 rings (SSSR count). The lowest BCUT2D eigenvalue weighted by atomic mass is 10.1. The van der Waals surface area contributed by atoms with Crippen LogP contribution in [0.15, 0.2) is 71.6 Å². The van der Waals surface area contributed by atoms with E-state index in [4.69, 9.17) is 0 Å². The quantitative estimate of drug-likeness (QED) is 0.366. The van der Waals surface area contributed by atoms with Gasteiger partial charge in [0.15, 0.2) is 0 Å². The van der Waals surface area contributed by atoms with E-state index in [2.05, 4.69) is 5.32 Å². The van der Waals surface area contributed by atoms with Crippen LogP contribution in [0.3, 0.4) is 0 Å². The second-order valence-corrected chi connectivity index (χ2v) is 11.6. The molecule has 0 saturated heterocycles. The third-order valence-corrected chi connectivity index (χ3v) is 8.31. The maximum absolute atomic E-state index is 14.6. The Labute approximate surface area is 230 Å². The molecule has 208 valence electrons. The summed E-state index contributed by atoms with van der Waals surface area (Å²) in [4.78, 5) is 28.1. The topological polar surface area (TPSA) is 86.8 Å². The van der Waals surface area contributed by atoms with Crippen molar-refractivity contribution in [1.82, 2.24) is 10.2 Å². The first-order valence-corrected chi connectivity index (χ1v) is 14.4. The predicted molar refractivity (Wildman–Crippen MR) is 151 cm³/mol. The SMILES string of the molecule is CCCNC(=O)C(C)N(Cc1ccccc1F)C(=O)CN(c1cc(C)ccc1C)S(=O)(=O)c1ccc(C)cc1. The predicted octanol–water partition coefficient (Wildman–Crippen LogP) is 4.89. The Hall–Kier alpha value is -3.72. The Balaban J connectivity index is 2.07. The minimum absolute atomic E-state index is 0.0381. The van der Waals surface area contributed by atoms with Crippen LogP contribution in [0.2, 0.25) is 0 Å². The molecule has 0 aliphatic rings. The molecule has 0 aliphatic carbocycles. The first-order valence-electron chi connectivity index (χ1n) is 12.9. The summed E-state index contributed by atoms with van der Waals surface area (Å²) in [5.41, 5.74) is 2.96. The summed E-state index contributed by atoms with van der Waals surface area (Å²) < 4.78 is 43.6. The zero-order chi connectivity index (χ0) is 28.7. The first kappa shape index (κ1) is 29.8. The van der Waals surface area contributed by atoms with Crippen LogP contribution in [-0.2, 0) is 26.2 Å². The molecule has 0 heterocycles. The minimum atomic E-state index is -4.17. The summed E-state index contributed by atoms with van der Waals surface area (Å²) in [5, 5.41) is 2.77. The van der Waals surface area contributed by atoms with E-state index >= 15 is 0 Å². The average Bonchev–Trinajstić information content (AvgIpc) is 2.91. The molecule has 1 unspecified atom stereocenters. The third-order valence-electron chi connectivity index (χ3n) is 6.54. The molecule has 0 bridgehead atoms. The Morgan fingerprint density at radius 3 is 2.23 bits per heavy atom. The molecule has 7 nitrogen and oxygen atoms in total. The molecule has 0 radical (unpaired) electrons. The maximum Gasteiger partial charge on any atom is 0.264 e. The zero-order valence-corrected chi connectivity index (χ0v) is 23.9. The van der Waals surface area contributed by atoms with Gasteiger partial charge in [0.25, 0.3) is 10.0 Å². The highest BCUT2D eigenvalue weighted by molar-refractivity contribution is 7.92. The summed E-state index contributed by atoms with van der Waals surface area (Å²) in [7, 11) is -4.17. The number of hydrogen-bond donors (Lipinski definition) is 1. The van der Waals surface area contributed by atoms with E-state index in [0.717, 1.165) is 15.4 Å². The molecular formula is C30H36FN3O4S. The van der Waals surface area contributed by atoms with Crippen LogP contribution in [0.25, 0.3) is 0 Å². The van der Waals surface area contributed by atoms with Crippen molar-refractivity contribution in [2.24, 2.45) is 0 Å². The van der Waals surface area contributed by atoms with Gasteiger partial charge in [-0.2, -0.15) is 0 Å². The number of nitrogens with one attached hydrogen (secondary N) is 1. The van der Waals surface area contributed by atoms with Gasteiger partial charge in [-0.05, 0) is 69.5 Å². The van der Waals surface area contributed by atoms with Crippen molar-refractivity contribution in [3.05, 3.63) is 94.8 Å². The molecule has 1 atom stereocenters. The van der Waals surface area contributed by atoms with Gasteiger partial charge in [0.2, 0.25) is 11.8 Å². The van der Waals surface area contributed by atoms with Crippen LogP contribution < -0.4 is 9.62 Å². The lowest BCUT2D eigenvalue weighted by molar-refractivity contribution is -0.139. The van der Waals surface area contributed by atoms with Crippen molar-refractivity contribution in [3.8, 4) is 0 Å². The average molecular weight is 554 g/mol. The molecule has 0 aliphatic heterocycles. The lowest BCUT2D eigenvalue weighted by Gasteiger charge is -2.32. The van der Waals surface area contributed by atoms with Crippen molar-refractivity contribution in [2.75, 3.05) is 17.4 Å². The summed E-state index contributed by atoms with van der Waals surface area (Å²) in [6, 6.07) is 16.8. The van der Waals surface area contributed by atoms with E-state index in [1.807, 2.05) is 26.8 Å². The van der Waals surface area contributed by atoms with Gasteiger partial charge in [0.1, 0.15) is 18.4 Å². The molecule has 0 aromatic heterocycles. The second kappa shape index (κ2) is 12.9. The Bertz CT molecular complexity index is 1420. The fraction of sp³-hybridized carbons (Fsp3) is 0.333. The van der Waals surface area contributed by atoms with Crippen molar-refractivity contribution in [3.63, 3.8) is 0 Å². The summed E-state index contributed by atoms with van der Waals surface area (Å²) in [6.45, 7) is 8.58. The Morgan fingerprint density at radius 1 is 0.949 bits per heavy atom. The van der Waals surface area contributed by atoms with E-state index in [9.17, 15) is 22.4 Å². The van der Waals surface area contributed by atoms with Gasteiger partial charge < -0.3 is 10.2 Å². The molecule has 0 spiro atoms. The van der Waals surface area contributed by atoms with Crippen LogP contribution in [0.4, 0.5) is 10.1 Å². The number of anilines is 1. The van der Waals surface area contributed by atoms with Gasteiger partial charge in [0.05, 0.1) is 10.6 Å². The molecule has 9 heteroatoms. The maximum atomic E-state index is 14.6. The summed E-state index contributed by atoms with van der Waals surface area (Å²) in [6.07, 6.45) is 0.703. The number of halogens is 1. The highest BCUT2D eigenvalue weighted by Gasteiger charge is 2.33. The van der Waals surface area contributed by atoms with Gasteiger partial charge in [-0.3, -0.25) is 13.9 Å². The number of sulfonamides is 1. The number of rotatable bonds is 11. The van der Waals surface area contributed by atoms with E-state index in [-0.39, 0.29) is 17.0 Å². The molecule has 3 aromatic rings. The number of benzene rings is 3. The number of carbonyl (C=O) groups excluding carboxylic acids is 2. The highest BCUT2D eigenvalue weighted by Crippen LogP contribution is 2.29. The summed E-state index contributed by atoms with van der Waals surface area (Å²) >= 11 is 0. The van der Waals surface area contributed by atoms with Gasteiger partial charge in [0, 0.05) is 18.7 Å². The van der Waals surface area contributed by atoms with Crippen LogP contribution >= 0.6 is 0 Å². The smallest absolute Gasteiger partial charge is 0.264 e. The van der Waals surface area contributed by atoms with Gasteiger partial charge in [-0.1, -0.05) is 55.0 Å². The Kier molecular flexibility index (Phi) is 9.86. The molecule has 39 heavy (non-hydrogen) atoms. The van der Waals surface area contributed by atoms with Crippen molar-refractivity contribution >= 4 is 27.5 Å². The number of carbonyl (C=O) groups is 2. The fourth-order valence-corrected chi connectivity index (χ4v) is 5.60. The Morgan fingerprint density at radius 2 is 1.59 bits per heavy atom. The number of amides is 2. The van der Waals surface area contributed by atoms with Crippen LogP contribution in [0.5, 0.6) is 0 Å². The fourth-order valence-electron chi connectivity index (χ4n) is 4.13. The van der Waals surface area contributed by atoms with Gasteiger partial charge in [-0.25, -0.2) is 12.8 Å². The number of nitrogens with zero attached hydrogens (tertiary/aromatic N) is 2.